The molecule has 0 bridgehead atoms. The first-order valence-electron chi connectivity index (χ1n) is 5.44. The zero-order valence-electron chi connectivity index (χ0n) is 9.42. The SMILES string of the molecule is OC[C@H]1O[C@H](SCc2nccs2)[C@H](O)[C@@H](O)[C@H]1O. The summed E-state index contributed by atoms with van der Waals surface area (Å²) in [6.45, 7) is -0.404. The van der Waals surface area contributed by atoms with Crippen molar-refractivity contribution in [2.75, 3.05) is 6.61 Å². The van der Waals surface area contributed by atoms with Crippen LogP contribution >= 0.6 is 23.1 Å². The van der Waals surface area contributed by atoms with Gasteiger partial charge < -0.3 is 25.2 Å². The lowest BCUT2D eigenvalue weighted by Gasteiger charge is -2.39. The molecule has 1 fully saturated rings. The van der Waals surface area contributed by atoms with Crippen LogP contribution in [0.2, 0.25) is 0 Å². The Morgan fingerprint density at radius 2 is 2.06 bits per heavy atom. The van der Waals surface area contributed by atoms with E-state index < -0.39 is 36.5 Å². The largest absolute Gasteiger partial charge is 0.394 e. The molecule has 1 saturated heterocycles. The van der Waals surface area contributed by atoms with Crippen LogP contribution in [0.15, 0.2) is 11.6 Å². The van der Waals surface area contributed by atoms with Crippen LogP contribution in [0.4, 0.5) is 0 Å². The summed E-state index contributed by atoms with van der Waals surface area (Å²) < 4.78 is 5.36. The first kappa shape index (κ1) is 14.2. The van der Waals surface area contributed by atoms with Crippen LogP contribution in [0.5, 0.6) is 0 Å². The van der Waals surface area contributed by atoms with Crippen molar-refractivity contribution in [3.63, 3.8) is 0 Å². The number of aliphatic hydroxyl groups excluding tert-OH is 4. The van der Waals surface area contributed by atoms with Gasteiger partial charge in [-0.15, -0.1) is 23.1 Å². The van der Waals surface area contributed by atoms with Crippen LogP contribution in [0.1, 0.15) is 5.01 Å². The number of hydrogen-bond acceptors (Lipinski definition) is 8. The van der Waals surface area contributed by atoms with E-state index >= 15 is 0 Å². The van der Waals surface area contributed by atoms with Gasteiger partial charge in [0.2, 0.25) is 0 Å². The molecule has 0 spiro atoms. The van der Waals surface area contributed by atoms with Crippen LogP contribution in [0.3, 0.4) is 0 Å². The number of nitrogens with zero attached hydrogens (tertiary/aromatic N) is 1. The van der Waals surface area contributed by atoms with Crippen LogP contribution in [0, 0.1) is 0 Å². The maximum absolute atomic E-state index is 9.80. The Hall–Kier alpha value is -0.220. The van der Waals surface area contributed by atoms with Gasteiger partial charge in [0.1, 0.15) is 34.9 Å². The lowest BCUT2D eigenvalue weighted by Crippen LogP contribution is -2.57. The quantitative estimate of drug-likeness (QED) is 0.575. The predicted molar refractivity (Wildman–Crippen MR) is 67.2 cm³/mol. The van der Waals surface area contributed by atoms with Crippen molar-refractivity contribution in [2.24, 2.45) is 0 Å². The molecule has 1 aliphatic heterocycles. The molecule has 1 aromatic heterocycles. The molecule has 6 nitrogen and oxygen atoms in total. The topological polar surface area (TPSA) is 103 Å². The summed E-state index contributed by atoms with van der Waals surface area (Å²) in [5, 5.41) is 40.8. The fourth-order valence-electron chi connectivity index (χ4n) is 1.68. The van der Waals surface area contributed by atoms with E-state index in [0.29, 0.717) is 5.75 Å². The Bertz CT molecular complexity index is 361. The van der Waals surface area contributed by atoms with E-state index in [-0.39, 0.29) is 0 Å². The number of ether oxygens (including phenoxy) is 1. The first-order chi connectivity index (χ1) is 8.63. The van der Waals surface area contributed by atoms with Gasteiger partial charge in [0.25, 0.3) is 0 Å². The molecule has 0 aromatic carbocycles. The fourth-order valence-corrected chi connectivity index (χ4v) is 3.52. The summed E-state index contributed by atoms with van der Waals surface area (Å²) in [6.07, 6.45) is -2.97. The van der Waals surface area contributed by atoms with Gasteiger partial charge in [-0.2, -0.15) is 0 Å². The normalized spacial score (nSPS) is 36.8. The number of thiazole rings is 1. The monoisotopic (exact) mass is 293 g/mol. The lowest BCUT2D eigenvalue weighted by atomic mass is 10.0. The molecule has 1 aliphatic rings. The predicted octanol–water partition coefficient (Wildman–Crippen LogP) is -0.824. The zero-order chi connectivity index (χ0) is 13.1. The number of rotatable bonds is 4. The highest BCUT2D eigenvalue weighted by atomic mass is 32.2. The summed E-state index contributed by atoms with van der Waals surface area (Å²) >= 11 is 2.77. The van der Waals surface area contributed by atoms with Crippen LogP contribution in [-0.4, -0.2) is 61.9 Å². The number of hydrogen-bond donors (Lipinski definition) is 4. The molecular formula is C10H15NO5S2. The Morgan fingerprint density at radius 1 is 1.28 bits per heavy atom. The first-order valence-corrected chi connectivity index (χ1v) is 7.37. The maximum atomic E-state index is 9.80. The molecule has 102 valence electrons. The number of aromatic nitrogens is 1. The van der Waals surface area contributed by atoms with E-state index in [1.807, 2.05) is 5.38 Å². The molecule has 2 heterocycles. The molecule has 0 amide bonds. The van der Waals surface area contributed by atoms with Gasteiger partial charge in [0.15, 0.2) is 0 Å². The zero-order valence-corrected chi connectivity index (χ0v) is 11.0. The molecule has 18 heavy (non-hydrogen) atoms. The Morgan fingerprint density at radius 3 is 2.67 bits per heavy atom. The van der Waals surface area contributed by atoms with Gasteiger partial charge in [-0.05, 0) is 0 Å². The van der Waals surface area contributed by atoms with Crippen LogP contribution in [0.25, 0.3) is 0 Å². The second-order valence-electron chi connectivity index (χ2n) is 3.93. The minimum Gasteiger partial charge on any atom is -0.394 e. The van der Waals surface area contributed by atoms with Gasteiger partial charge in [-0.1, -0.05) is 0 Å². The highest BCUT2D eigenvalue weighted by molar-refractivity contribution is 7.99. The molecule has 5 atom stereocenters. The van der Waals surface area contributed by atoms with Crippen molar-refractivity contribution in [1.82, 2.24) is 4.98 Å². The average Bonchev–Trinajstić information content (AvgIpc) is 2.88. The van der Waals surface area contributed by atoms with Crippen molar-refractivity contribution < 1.29 is 25.2 Å². The minimum absolute atomic E-state index is 0.404. The van der Waals surface area contributed by atoms with Gasteiger partial charge >= 0.3 is 0 Å². The van der Waals surface area contributed by atoms with E-state index in [1.165, 1.54) is 23.1 Å². The average molecular weight is 293 g/mol. The molecule has 8 heteroatoms. The second kappa shape index (κ2) is 6.29. The standard InChI is InChI=1S/C10H15NO5S2/c12-3-5-7(13)8(14)9(15)10(16-5)18-4-6-11-1-2-17-6/h1-2,5,7-10,12-15H,3-4H2/t5-,7+,8+,9-,10-/m1/s1. The molecule has 4 N–H and O–H groups in total. The summed E-state index contributed by atoms with van der Waals surface area (Å²) in [7, 11) is 0. The number of thioether (sulfide) groups is 1. The van der Waals surface area contributed by atoms with E-state index in [2.05, 4.69) is 4.98 Å². The summed E-state index contributed by atoms with van der Waals surface area (Å²) in [6, 6.07) is 0. The summed E-state index contributed by atoms with van der Waals surface area (Å²) in [4.78, 5) is 4.10. The van der Waals surface area contributed by atoms with E-state index in [0.717, 1.165) is 5.01 Å². The van der Waals surface area contributed by atoms with Crippen molar-refractivity contribution in [1.29, 1.82) is 0 Å². The third-order valence-electron chi connectivity index (χ3n) is 2.70. The Kier molecular flexibility index (Phi) is 4.96. The molecule has 0 saturated carbocycles. The molecule has 0 aliphatic carbocycles. The van der Waals surface area contributed by atoms with Crippen LogP contribution < -0.4 is 0 Å². The van der Waals surface area contributed by atoms with Gasteiger partial charge in [0.05, 0.1) is 6.61 Å². The number of aliphatic hydroxyl groups is 4. The molecule has 0 radical (unpaired) electrons. The fraction of sp³-hybridized carbons (Fsp3) is 0.700. The Labute approximate surface area is 112 Å². The van der Waals surface area contributed by atoms with Crippen molar-refractivity contribution in [2.45, 2.75) is 35.6 Å². The van der Waals surface area contributed by atoms with E-state index in [9.17, 15) is 15.3 Å². The van der Waals surface area contributed by atoms with Crippen molar-refractivity contribution >= 4 is 23.1 Å². The molecular weight excluding hydrogens is 278 g/mol. The minimum atomic E-state index is -1.32. The maximum Gasteiger partial charge on any atom is 0.132 e. The lowest BCUT2D eigenvalue weighted by molar-refractivity contribution is -0.205. The molecule has 1 aromatic rings. The Balaban J connectivity index is 1.94. The van der Waals surface area contributed by atoms with Crippen LogP contribution in [-0.2, 0) is 10.5 Å². The van der Waals surface area contributed by atoms with Gasteiger partial charge in [-0.25, -0.2) is 4.98 Å². The highest BCUT2D eigenvalue weighted by Gasteiger charge is 2.43. The second-order valence-corrected chi connectivity index (χ2v) is 6.00. The summed E-state index contributed by atoms with van der Waals surface area (Å²) in [5.74, 6) is 0.542. The van der Waals surface area contributed by atoms with Crippen molar-refractivity contribution in [3.8, 4) is 0 Å². The third-order valence-corrected chi connectivity index (χ3v) is 4.82. The van der Waals surface area contributed by atoms with Gasteiger partial charge in [0, 0.05) is 17.3 Å². The molecule has 2 rings (SSSR count). The highest BCUT2D eigenvalue weighted by Crippen LogP contribution is 2.30. The van der Waals surface area contributed by atoms with E-state index in [1.54, 1.807) is 6.20 Å². The summed E-state index contributed by atoms with van der Waals surface area (Å²) in [5.41, 5.74) is -0.690. The smallest absolute Gasteiger partial charge is 0.132 e. The van der Waals surface area contributed by atoms with E-state index in [4.69, 9.17) is 9.84 Å². The molecule has 0 unspecified atom stereocenters. The third kappa shape index (κ3) is 3.02. The van der Waals surface area contributed by atoms with Crippen molar-refractivity contribution in [3.05, 3.63) is 16.6 Å². The van der Waals surface area contributed by atoms with Gasteiger partial charge in [-0.3, -0.25) is 0 Å².